The number of carbonyl (C=O) groups is 1. The van der Waals surface area contributed by atoms with E-state index in [4.69, 9.17) is 16.3 Å². The van der Waals surface area contributed by atoms with Crippen molar-refractivity contribution < 1.29 is 9.53 Å². The second-order valence-corrected chi connectivity index (χ2v) is 6.77. The molecule has 0 aliphatic heterocycles. The van der Waals surface area contributed by atoms with Gasteiger partial charge in [-0.15, -0.1) is 0 Å². The van der Waals surface area contributed by atoms with Crippen LogP contribution in [0.3, 0.4) is 0 Å². The first-order valence-electron chi connectivity index (χ1n) is 8.95. The van der Waals surface area contributed by atoms with Crippen LogP contribution in [0.5, 0.6) is 5.75 Å². The quantitative estimate of drug-likeness (QED) is 0.501. The van der Waals surface area contributed by atoms with Crippen molar-refractivity contribution in [2.24, 2.45) is 0 Å². The number of hydrogen-bond acceptors (Lipinski definition) is 4. The van der Waals surface area contributed by atoms with Crippen LogP contribution in [-0.4, -0.2) is 25.5 Å². The second kappa shape index (κ2) is 8.62. The van der Waals surface area contributed by atoms with Crippen molar-refractivity contribution in [3.05, 3.63) is 95.5 Å². The molecule has 0 spiro atoms. The SMILES string of the molecule is O=C(Nc1cnn(Cc2ccc(Cl)cc2)c1)c1ccn(COc2ccccc2)n1. The molecule has 0 atom stereocenters. The Labute approximate surface area is 172 Å². The fraction of sp³-hybridized carbons (Fsp3) is 0.0952. The summed E-state index contributed by atoms with van der Waals surface area (Å²) in [4.78, 5) is 12.4. The molecule has 0 aliphatic carbocycles. The number of nitrogens with zero attached hydrogens (tertiary/aromatic N) is 4. The zero-order valence-corrected chi connectivity index (χ0v) is 16.2. The summed E-state index contributed by atoms with van der Waals surface area (Å²) in [6.45, 7) is 0.800. The highest BCUT2D eigenvalue weighted by Crippen LogP contribution is 2.13. The Morgan fingerprint density at radius 1 is 1.03 bits per heavy atom. The molecule has 7 nitrogen and oxygen atoms in total. The van der Waals surface area contributed by atoms with E-state index in [1.807, 2.05) is 54.6 Å². The lowest BCUT2D eigenvalue weighted by Gasteiger charge is -2.05. The Morgan fingerprint density at radius 3 is 2.62 bits per heavy atom. The maximum atomic E-state index is 12.4. The summed E-state index contributed by atoms with van der Waals surface area (Å²) in [5, 5.41) is 12.0. The number of rotatable bonds is 7. The molecule has 146 valence electrons. The lowest BCUT2D eigenvalue weighted by molar-refractivity contribution is 0.102. The van der Waals surface area contributed by atoms with E-state index in [9.17, 15) is 4.79 Å². The first kappa shape index (κ1) is 18.8. The zero-order chi connectivity index (χ0) is 20.1. The number of benzene rings is 2. The molecule has 4 aromatic rings. The number of aromatic nitrogens is 4. The predicted molar refractivity (Wildman–Crippen MR) is 110 cm³/mol. The van der Waals surface area contributed by atoms with Crippen LogP contribution >= 0.6 is 11.6 Å². The monoisotopic (exact) mass is 407 g/mol. The standard InChI is InChI=1S/C21H18ClN5O2/c22-17-8-6-16(7-9-17)13-27-14-18(12-23-27)24-21(28)20-10-11-26(25-20)15-29-19-4-2-1-3-5-19/h1-12,14H,13,15H2,(H,24,28). The topological polar surface area (TPSA) is 74.0 Å². The third-order valence-corrected chi connectivity index (χ3v) is 4.38. The van der Waals surface area contributed by atoms with Gasteiger partial charge in [-0.05, 0) is 35.9 Å². The van der Waals surface area contributed by atoms with Crippen LogP contribution in [0.1, 0.15) is 16.1 Å². The van der Waals surface area contributed by atoms with Crippen LogP contribution in [0.4, 0.5) is 5.69 Å². The van der Waals surface area contributed by atoms with Gasteiger partial charge in [0.05, 0.1) is 18.4 Å². The highest BCUT2D eigenvalue weighted by molar-refractivity contribution is 6.30. The van der Waals surface area contributed by atoms with E-state index in [0.29, 0.717) is 22.9 Å². The molecule has 2 heterocycles. The summed E-state index contributed by atoms with van der Waals surface area (Å²) in [5.74, 6) is 0.427. The fourth-order valence-corrected chi connectivity index (χ4v) is 2.82. The minimum absolute atomic E-state index is 0.219. The molecular formula is C21H18ClN5O2. The Kier molecular flexibility index (Phi) is 5.58. The number of para-hydroxylation sites is 1. The van der Waals surface area contributed by atoms with Crippen LogP contribution in [0, 0.1) is 0 Å². The number of amides is 1. The van der Waals surface area contributed by atoms with E-state index < -0.39 is 0 Å². The Balaban J connectivity index is 1.33. The molecular weight excluding hydrogens is 390 g/mol. The van der Waals surface area contributed by atoms with Gasteiger partial charge in [0.25, 0.3) is 5.91 Å². The lowest BCUT2D eigenvalue weighted by atomic mass is 10.2. The molecule has 2 aromatic heterocycles. The van der Waals surface area contributed by atoms with Crippen LogP contribution < -0.4 is 10.1 Å². The van der Waals surface area contributed by atoms with Gasteiger partial charge in [-0.3, -0.25) is 9.48 Å². The van der Waals surface area contributed by atoms with E-state index in [2.05, 4.69) is 15.5 Å². The van der Waals surface area contributed by atoms with Crippen molar-refractivity contribution in [1.82, 2.24) is 19.6 Å². The summed E-state index contributed by atoms with van der Waals surface area (Å²) in [5.41, 5.74) is 1.96. The van der Waals surface area contributed by atoms with Crippen molar-refractivity contribution in [3.8, 4) is 5.75 Å². The van der Waals surface area contributed by atoms with Crippen molar-refractivity contribution >= 4 is 23.2 Å². The molecule has 0 unspecified atom stereocenters. The maximum absolute atomic E-state index is 12.4. The predicted octanol–water partition coefficient (Wildman–Crippen LogP) is 4.07. The Bertz CT molecular complexity index is 1090. The fourth-order valence-electron chi connectivity index (χ4n) is 2.70. The molecule has 0 radical (unpaired) electrons. The number of nitrogens with one attached hydrogen (secondary N) is 1. The molecule has 8 heteroatoms. The molecule has 0 bridgehead atoms. The summed E-state index contributed by atoms with van der Waals surface area (Å²) >= 11 is 5.90. The van der Waals surface area contributed by atoms with Gasteiger partial charge in [0.15, 0.2) is 12.4 Å². The minimum Gasteiger partial charge on any atom is -0.471 e. The zero-order valence-electron chi connectivity index (χ0n) is 15.4. The van der Waals surface area contributed by atoms with Crippen molar-refractivity contribution in [2.75, 3.05) is 5.32 Å². The summed E-state index contributed by atoms with van der Waals surface area (Å²) < 4.78 is 8.92. The summed E-state index contributed by atoms with van der Waals surface area (Å²) in [6, 6.07) is 18.6. The molecule has 1 N–H and O–H groups in total. The number of carbonyl (C=O) groups excluding carboxylic acids is 1. The highest BCUT2D eigenvalue weighted by Gasteiger charge is 2.11. The van der Waals surface area contributed by atoms with Crippen LogP contribution in [0.2, 0.25) is 5.02 Å². The van der Waals surface area contributed by atoms with Gasteiger partial charge in [0, 0.05) is 17.4 Å². The van der Waals surface area contributed by atoms with E-state index in [1.165, 1.54) is 0 Å². The van der Waals surface area contributed by atoms with Crippen LogP contribution in [-0.2, 0) is 13.3 Å². The van der Waals surface area contributed by atoms with E-state index in [-0.39, 0.29) is 12.6 Å². The average Bonchev–Trinajstić information content (AvgIpc) is 3.39. The van der Waals surface area contributed by atoms with Gasteiger partial charge in [-0.1, -0.05) is 41.9 Å². The number of anilines is 1. The van der Waals surface area contributed by atoms with Gasteiger partial charge in [-0.25, -0.2) is 4.68 Å². The van der Waals surface area contributed by atoms with Crippen LogP contribution in [0.25, 0.3) is 0 Å². The molecule has 1 amide bonds. The normalized spacial score (nSPS) is 10.7. The number of hydrogen-bond donors (Lipinski definition) is 1. The van der Waals surface area contributed by atoms with Gasteiger partial charge >= 0.3 is 0 Å². The number of halogens is 1. The number of ether oxygens (including phenoxy) is 1. The van der Waals surface area contributed by atoms with Gasteiger partial charge < -0.3 is 10.1 Å². The molecule has 4 rings (SSSR count). The highest BCUT2D eigenvalue weighted by atomic mass is 35.5. The van der Waals surface area contributed by atoms with Crippen LogP contribution in [0.15, 0.2) is 79.3 Å². The third-order valence-electron chi connectivity index (χ3n) is 4.13. The smallest absolute Gasteiger partial charge is 0.276 e. The van der Waals surface area contributed by atoms with E-state index >= 15 is 0 Å². The third kappa shape index (κ3) is 5.03. The molecule has 0 fully saturated rings. The lowest BCUT2D eigenvalue weighted by Crippen LogP contribution is -2.14. The first-order valence-corrected chi connectivity index (χ1v) is 9.33. The summed E-state index contributed by atoms with van der Waals surface area (Å²) in [6.07, 6.45) is 5.06. The second-order valence-electron chi connectivity index (χ2n) is 6.33. The molecule has 2 aromatic carbocycles. The van der Waals surface area contributed by atoms with Crippen molar-refractivity contribution in [3.63, 3.8) is 0 Å². The Morgan fingerprint density at radius 2 is 1.83 bits per heavy atom. The Hall–Kier alpha value is -3.58. The maximum Gasteiger partial charge on any atom is 0.276 e. The molecule has 29 heavy (non-hydrogen) atoms. The largest absolute Gasteiger partial charge is 0.471 e. The van der Waals surface area contributed by atoms with E-state index in [0.717, 1.165) is 11.3 Å². The molecule has 0 aliphatic rings. The molecule has 0 saturated heterocycles. The van der Waals surface area contributed by atoms with Gasteiger partial charge in [-0.2, -0.15) is 10.2 Å². The minimum atomic E-state index is -0.311. The van der Waals surface area contributed by atoms with E-state index in [1.54, 1.807) is 34.0 Å². The summed E-state index contributed by atoms with van der Waals surface area (Å²) in [7, 11) is 0. The van der Waals surface area contributed by atoms with Gasteiger partial charge in [0.1, 0.15) is 5.75 Å². The van der Waals surface area contributed by atoms with Gasteiger partial charge in [0.2, 0.25) is 0 Å². The van der Waals surface area contributed by atoms with Crippen molar-refractivity contribution in [2.45, 2.75) is 13.3 Å². The average molecular weight is 408 g/mol. The van der Waals surface area contributed by atoms with Crippen molar-refractivity contribution in [1.29, 1.82) is 0 Å². The first-order chi connectivity index (χ1) is 14.2. The molecule has 0 saturated carbocycles.